The first kappa shape index (κ1) is 19.1. The summed E-state index contributed by atoms with van der Waals surface area (Å²) in [6, 6.07) is 12.9. The molecular formula is C19H21N3O4. The van der Waals surface area contributed by atoms with E-state index in [2.05, 4.69) is 10.6 Å². The van der Waals surface area contributed by atoms with E-state index in [-0.39, 0.29) is 29.8 Å². The lowest BCUT2D eigenvalue weighted by Gasteiger charge is -2.09. The van der Waals surface area contributed by atoms with E-state index in [9.17, 15) is 19.7 Å². The van der Waals surface area contributed by atoms with Gasteiger partial charge in [-0.15, -0.1) is 0 Å². The molecule has 0 heterocycles. The van der Waals surface area contributed by atoms with E-state index < -0.39 is 4.92 Å². The normalized spacial score (nSPS) is 10.4. The summed E-state index contributed by atoms with van der Waals surface area (Å²) >= 11 is 0. The SMILES string of the molecule is CC(C)CC(=O)Nc1ccc(NC(=O)Cc2ccccc2[N+](=O)[O-])cc1. The van der Waals surface area contributed by atoms with Crippen molar-refractivity contribution in [2.24, 2.45) is 5.92 Å². The predicted octanol–water partition coefficient (Wildman–Crippen LogP) is 3.76. The average molecular weight is 355 g/mol. The second-order valence-electron chi connectivity index (χ2n) is 6.33. The first-order chi connectivity index (χ1) is 12.3. The van der Waals surface area contributed by atoms with E-state index >= 15 is 0 Å². The van der Waals surface area contributed by atoms with Crippen LogP contribution in [0.15, 0.2) is 48.5 Å². The first-order valence-corrected chi connectivity index (χ1v) is 8.27. The molecule has 0 unspecified atom stereocenters. The monoisotopic (exact) mass is 355 g/mol. The molecule has 7 heteroatoms. The van der Waals surface area contributed by atoms with Crippen LogP contribution < -0.4 is 10.6 Å². The number of hydrogen-bond donors (Lipinski definition) is 2. The van der Waals surface area contributed by atoms with Crippen molar-refractivity contribution < 1.29 is 14.5 Å². The first-order valence-electron chi connectivity index (χ1n) is 8.27. The van der Waals surface area contributed by atoms with Gasteiger partial charge in [-0.2, -0.15) is 0 Å². The minimum Gasteiger partial charge on any atom is -0.326 e. The van der Waals surface area contributed by atoms with Crippen molar-refractivity contribution in [2.75, 3.05) is 10.6 Å². The summed E-state index contributed by atoms with van der Waals surface area (Å²) in [4.78, 5) is 34.4. The Bertz CT molecular complexity index is 801. The molecule has 2 rings (SSSR count). The minimum absolute atomic E-state index is 0.0619. The molecule has 2 N–H and O–H groups in total. The second-order valence-corrected chi connectivity index (χ2v) is 6.33. The Morgan fingerprint density at radius 1 is 0.962 bits per heavy atom. The third kappa shape index (κ3) is 5.70. The van der Waals surface area contributed by atoms with E-state index in [0.29, 0.717) is 23.4 Å². The van der Waals surface area contributed by atoms with E-state index in [1.54, 1.807) is 42.5 Å². The van der Waals surface area contributed by atoms with Crippen LogP contribution in [0.2, 0.25) is 0 Å². The lowest BCUT2D eigenvalue weighted by molar-refractivity contribution is -0.385. The van der Waals surface area contributed by atoms with Crippen molar-refractivity contribution >= 4 is 28.9 Å². The van der Waals surface area contributed by atoms with Crippen molar-refractivity contribution in [1.82, 2.24) is 0 Å². The summed E-state index contributed by atoms with van der Waals surface area (Å²) in [7, 11) is 0. The molecule has 0 fully saturated rings. The maximum absolute atomic E-state index is 12.1. The number of nitro benzene ring substituents is 1. The van der Waals surface area contributed by atoms with Crippen LogP contribution >= 0.6 is 0 Å². The maximum atomic E-state index is 12.1. The Kier molecular flexibility index (Phi) is 6.43. The Hall–Kier alpha value is -3.22. The van der Waals surface area contributed by atoms with Gasteiger partial charge in [-0.3, -0.25) is 19.7 Å². The molecule has 0 spiro atoms. The molecule has 0 aliphatic rings. The quantitative estimate of drug-likeness (QED) is 0.583. The zero-order valence-corrected chi connectivity index (χ0v) is 14.7. The number of rotatable bonds is 7. The number of nitro groups is 1. The highest BCUT2D eigenvalue weighted by atomic mass is 16.6. The molecule has 0 aromatic heterocycles. The zero-order valence-electron chi connectivity index (χ0n) is 14.7. The molecular weight excluding hydrogens is 334 g/mol. The number of nitrogens with one attached hydrogen (secondary N) is 2. The van der Waals surface area contributed by atoms with Crippen LogP contribution in [0.1, 0.15) is 25.8 Å². The molecule has 0 saturated carbocycles. The summed E-state index contributed by atoms with van der Waals surface area (Å²) in [5.41, 5.74) is 1.47. The van der Waals surface area contributed by atoms with Gasteiger partial charge in [0.1, 0.15) is 0 Å². The topological polar surface area (TPSA) is 101 Å². The van der Waals surface area contributed by atoms with E-state index in [1.807, 2.05) is 13.8 Å². The number of anilines is 2. The van der Waals surface area contributed by atoms with Gasteiger partial charge in [-0.1, -0.05) is 32.0 Å². The fourth-order valence-corrected chi connectivity index (χ4v) is 2.44. The maximum Gasteiger partial charge on any atom is 0.273 e. The summed E-state index contributed by atoms with van der Waals surface area (Å²) in [5, 5.41) is 16.5. The van der Waals surface area contributed by atoms with Crippen LogP contribution in [0.4, 0.5) is 17.1 Å². The van der Waals surface area contributed by atoms with Crippen molar-refractivity contribution in [1.29, 1.82) is 0 Å². The van der Waals surface area contributed by atoms with Gasteiger partial charge >= 0.3 is 0 Å². The zero-order chi connectivity index (χ0) is 19.1. The van der Waals surface area contributed by atoms with E-state index in [4.69, 9.17) is 0 Å². The Balaban J connectivity index is 1.96. The average Bonchev–Trinajstić information content (AvgIpc) is 2.56. The smallest absolute Gasteiger partial charge is 0.273 e. The van der Waals surface area contributed by atoms with Crippen LogP contribution in [0.25, 0.3) is 0 Å². The number of hydrogen-bond acceptors (Lipinski definition) is 4. The molecule has 2 aromatic carbocycles. The van der Waals surface area contributed by atoms with Crippen LogP contribution in [-0.2, 0) is 16.0 Å². The van der Waals surface area contributed by atoms with Gasteiger partial charge in [0.25, 0.3) is 5.69 Å². The minimum atomic E-state index is -0.503. The van der Waals surface area contributed by atoms with Crippen molar-refractivity contribution in [3.05, 3.63) is 64.2 Å². The highest BCUT2D eigenvalue weighted by Crippen LogP contribution is 2.19. The molecule has 0 radical (unpaired) electrons. The number of carbonyl (C=O) groups is 2. The Labute approximate surface area is 151 Å². The number of para-hydroxylation sites is 1. The molecule has 136 valence electrons. The summed E-state index contributed by atoms with van der Waals surface area (Å²) in [6.07, 6.45) is 0.346. The number of nitrogens with zero attached hydrogens (tertiary/aromatic N) is 1. The Morgan fingerprint density at radius 2 is 1.50 bits per heavy atom. The van der Waals surface area contributed by atoms with Crippen molar-refractivity contribution in [3.63, 3.8) is 0 Å². The largest absolute Gasteiger partial charge is 0.326 e. The fourth-order valence-electron chi connectivity index (χ4n) is 2.44. The molecule has 7 nitrogen and oxygen atoms in total. The summed E-state index contributed by atoms with van der Waals surface area (Å²) in [6.45, 7) is 3.94. The molecule has 2 amide bonds. The lowest BCUT2D eigenvalue weighted by atomic mass is 10.1. The van der Waals surface area contributed by atoms with Crippen LogP contribution in [0.3, 0.4) is 0 Å². The van der Waals surface area contributed by atoms with Gasteiger partial charge in [0.15, 0.2) is 0 Å². The van der Waals surface area contributed by atoms with Gasteiger partial charge in [-0.05, 0) is 30.2 Å². The third-order valence-electron chi connectivity index (χ3n) is 3.59. The van der Waals surface area contributed by atoms with E-state index in [0.717, 1.165) is 0 Å². The molecule has 0 saturated heterocycles. The molecule has 2 aromatic rings. The van der Waals surface area contributed by atoms with Gasteiger partial charge in [0.2, 0.25) is 11.8 Å². The number of carbonyl (C=O) groups excluding carboxylic acids is 2. The van der Waals surface area contributed by atoms with Crippen molar-refractivity contribution in [2.45, 2.75) is 26.7 Å². The summed E-state index contributed by atoms with van der Waals surface area (Å²) < 4.78 is 0. The van der Waals surface area contributed by atoms with Crippen LogP contribution in [0, 0.1) is 16.0 Å². The Morgan fingerprint density at radius 3 is 2.04 bits per heavy atom. The summed E-state index contributed by atoms with van der Waals surface area (Å²) in [5.74, 6) is -0.139. The molecule has 0 aliphatic carbocycles. The number of benzene rings is 2. The number of amides is 2. The van der Waals surface area contributed by atoms with Crippen molar-refractivity contribution in [3.8, 4) is 0 Å². The van der Waals surface area contributed by atoms with Crippen LogP contribution in [-0.4, -0.2) is 16.7 Å². The highest BCUT2D eigenvalue weighted by Gasteiger charge is 2.15. The molecule has 26 heavy (non-hydrogen) atoms. The van der Waals surface area contributed by atoms with E-state index in [1.165, 1.54) is 6.07 Å². The standard InChI is InChI=1S/C19H21N3O4/c1-13(2)11-18(23)20-15-7-9-16(10-8-15)21-19(24)12-14-5-3-4-6-17(14)22(25)26/h3-10,13H,11-12H2,1-2H3,(H,20,23)(H,21,24). The predicted molar refractivity (Wildman–Crippen MR) is 100.0 cm³/mol. The molecule has 0 bridgehead atoms. The van der Waals surface area contributed by atoms with Gasteiger partial charge in [-0.25, -0.2) is 0 Å². The van der Waals surface area contributed by atoms with Crippen LogP contribution in [0.5, 0.6) is 0 Å². The molecule has 0 aliphatic heterocycles. The second kappa shape index (κ2) is 8.75. The molecule has 0 atom stereocenters. The van der Waals surface area contributed by atoms with Gasteiger partial charge in [0.05, 0.1) is 11.3 Å². The van der Waals surface area contributed by atoms with Gasteiger partial charge in [0, 0.05) is 29.4 Å². The highest BCUT2D eigenvalue weighted by molar-refractivity contribution is 5.94. The van der Waals surface area contributed by atoms with Gasteiger partial charge < -0.3 is 10.6 Å². The fraction of sp³-hybridized carbons (Fsp3) is 0.263. The third-order valence-corrected chi connectivity index (χ3v) is 3.59. The lowest BCUT2D eigenvalue weighted by Crippen LogP contribution is -2.16.